The maximum atomic E-state index is 5.69. The minimum atomic E-state index is 0.295. The Balaban J connectivity index is 1.39. The van der Waals surface area contributed by atoms with Gasteiger partial charge in [0.25, 0.3) is 0 Å². The van der Waals surface area contributed by atoms with E-state index in [1.165, 1.54) is 0 Å². The van der Waals surface area contributed by atoms with Gasteiger partial charge in [-0.05, 0) is 31.9 Å². The molecule has 0 spiro atoms. The fourth-order valence-corrected chi connectivity index (χ4v) is 3.85. The summed E-state index contributed by atoms with van der Waals surface area (Å²) < 4.78 is 11.2. The summed E-state index contributed by atoms with van der Waals surface area (Å²) in [5, 5.41) is 3.43. The van der Waals surface area contributed by atoms with E-state index in [9.17, 15) is 0 Å². The van der Waals surface area contributed by atoms with Crippen LogP contribution >= 0.6 is 0 Å². The Morgan fingerprint density at radius 1 is 1.14 bits per heavy atom. The molecule has 1 aromatic carbocycles. The molecule has 0 saturated carbocycles. The van der Waals surface area contributed by atoms with E-state index in [1.54, 1.807) is 7.11 Å². The molecule has 2 aromatic rings. The molecule has 0 radical (unpaired) electrons. The van der Waals surface area contributed by atoms with Gasteiger partial charge in [0.2, 0.25) is 5.95 Å². The highest BCUT2D eigenvalue weighted by atomic mass is 16.5. The lowest BCUT2D eigenvalue weighted by molar-refractivity contribution is 0.120. The minimum Gasteiger partial charge on any atom is -0.495 e. The number of methoxy groups -OCH3 is 1. The van der Waals surface area contributed by atoms with Crippen molar-refractivity contribution >= 4 is 17.5 Å². The van der Waals surface area contributed by atoms with Gasteiger partial charge >= 0.3 is 0 Å². The minimum absolute atomic E-state index is 0.295. The zero-order valence-corrected chi connectivity index (χ0v) is 16.7. The number of para-hydroxylation sites is 2. The van der Waals surface area contributed by atoms with Crippen molar-refractivity contribution in [3.8, 4) is 5.75 Å². The van der Waals surface area contributed by atoms with Gasteiger partial charge in [0.15, 0.2) is 0 Å². The molecule has 150 valence electrons. The lowest BCUT2D eigenvalue weighted by Gasteiger charge is -2.36. The molecule has 1 atom stereocenters. The van der Waals surface area contributed by atoms with Crippen molar-refractivity contribution in [3.63, 3.8) is 0 Å². The Bertz CT molecular complexity index is 786. The summed E-state index contributed by atoms with van der Waals surface area (Å²) in [5.74, 6) is 2.60. The normalized spacial score (nSPS) is 19.7. The largest absolute Gasteiger partial charge is 0.495 e. The number of ether oxygens (including phenoxy) is 2. The second kappa shape index (κ2) is 8.65. The Labute approximate surface area is 166 Å². The molecule has 0 bridgehead atoms. The van der Waals surface area contributed by atoms with Crippen LogP contribution in [0, 0.1) is 6.92 Å². The molecule has 1 unspecified atom stereocenters. The molecule has 3 heterocycles. The standard InChI is InChI=1S/C21H29N5O2/c1-16-14-20(22-15-17-6-5-13-28-17)24-21(23-16)26-11-9-25(10-12-26)18-7-3-4-8-19(18)27-2/h3-4,7-8,14,17H,5-6,9-13,15H2,1-2H3,(H,22,23,24). The maximum absolute atomic E-state index is 5.69. The number of aryl methyl sites for hydroxylation is 1. The lowest BCUT2D eigenvalue weighted by Crippen LogP contribution is -2.47. The molecule has 1 aromatic heterocycles. The van der Waals surface area contributed by atoms with Crippen LogP contribution in [-0.2, 0) is 4.74 Å². The number of nitrogens with zero attached hydrogens (tertiary/aromatic N) is 4. The molecular weight excluding hydrogens is 354 g/mol. The van der Waals surface area contributed by atoms with E-state index in [4.69, 9.17) is 14.5 Å². The summed E-state index contributed by atoms with van der Waals surface area (Å²) in [4.78, 5) is 14.0. The van der Waals surface area contributed by atoms with Gasteiger partial charge < -0.3 is 24.6 Å². The first-order chi connectivity index (χ1) is 13.7. The van der Waals surface area contributed by atoms with Crippen molar-refractivity contribution in [1.29, 1.82) is 0 Å². The van der Waals surface area contributed by atoms with Crippen LogP contribution in [0.25, 0.3) is 0 Å². The van der Waals surface area contributed by atoms with Gasteiger partial charge in [-0.1, -0.05) is 12.1 Å². The topological polar surface area (TPSA) is 62.8 Å². The highest BCUT2D eigenvalue weighted by Gasteiger charge is 2.22. The van der Waals surface area contributed by atoms with Crippen molar-refractivity contribution in [2.45, 2.75) is 25.9 Å². The number of aromatic nitrogens is 2. The predicted molar refractivity (Wildman–Crippen MR) is 112 cm³/mol. The molecule has 0 aliphatic carbocycles. The molecule has 1 N–H and O–H groups in total. The van der Waals surface area contributed by atoms with Crippen LogP contribution in [-0.4, -0.2) is 62.5 Å². The molecule has 7 heteroatoms. The van der Waals surface area contributed by atoms with Crippen LogP contribution < -0.4 is 19.9 Å². The van der Waals surface area contributed by atoms with Crippen LogP contribution in [0.15, 0.2) is 30.3 Å². The summed E-state index contributed by atoms with van der Waals surface area (Å²) in [6, 6.07) is 10.2. The quantitative estimate of drug-likeness (QED) is 0.823. The Morgan fingerprint density at radius 3 is 2.68 bits per heavy atom. The van der Waals surface area contributed by atoms with E-state index in [0.717, 1.165) is 81.1 Å². The summed E-state index contributed by atoms with van der Waals surface area (Å²) in [5.41, 5.74) is 2.13. The highest BCUT2D eigenvalue weighted by molar-refractivity contribution is 5.59. The maximum Gasteiger partial charge on any atom is 0.227 e. The zero-order valence-electron chi connectivity index (χ0n) is 16.7. The fraction of sp³-hybridized carbons (Fsp3) is 0.524. The summed E-state index contributed by atoms with van der Waals surface area (Å²) in [7, 11) is 1.72. The first kappa shape index (κ1) is 18.8. The molecule has 2 saturated heterocycles. The van der Waals surface area contributed by atoms with Crippen molar-refractivity contribution in [2.24, 2.45) is 0 Å². The Hall–Kier alpha value is -2.54. The number of hydrogen-bond donors (Lipinski definition) is 1. The molecule has 0 amide bonds. The predicted octanol–water partition coefficient (Wildman–Crippen LogP) is 2.71. The molecule has 4 rings (SSSR count). The number of benzene rings is 1. The first-order valence-corrected chi connectivity index (χ1v) is 10.1. The second-order valence-electron chi connectivity index (χ2n) is 7.36. The van der Waals surface area contributed by atoms with Crippen molar-refractivity contribution < 1.29 is 9.47 Å². The lowest BCUT2D eigenvalue weighted by atomic mass is 10.2. The van der Waals surface area contributed by atoms with Crippen molar-refractivity contribution in [1.82, 2.24) is 9.97 Å². The molecule has 2 aliphatic rings. The Morgan fingerprint density at radius 2 is 1.93 bits per heavy atom. The second-order valence-corrected chi connectivity index (χ2v) is 7.36. The average Bonchev–Trinajstić information content (AvgIpc) is 3.26. The first-order valence-electron chi connectivity index (χ1n) is 10.1. The van der Waals surface area contributed by atoms with Crippen molar-refractivity contribution in [3.05, 3.63) is 36.0 Å². The number of piperazine rings is 1. The Kier molecular flexibility index (Phi) is 5.81. The average molecular weight is 383 g/mol. The van der Waals surface area contributed by atoms with Gasteiger partial charge in [-0.15, -0.1) is 0 Å². The van der Waals surface area contributed by atoms with Crippen LogP contribution in [0.2, 0.25) is 0 Å². The monoisotopic (exact) mass is 383 g/mol. The number of anilines is 3. The van der Waals surface area contributed by atoms with E-state index in [2.05, 4.69) is 32.2 Å². The van der Waals surface area contributed by atoms with Gasteiger partial charge in [0, 0.05) is 51.1 Å². The molecule has 2 aliphatic heterocycles. The number of rotatable bonds is 6. The van der Waals surface area contributed by atoms with Crippen LogP contribution in [0.4, 0.5) is 17.5 Å². The van der Waals surface area contributed by atoms with Gasteiger partial charge in [-0.25, -0.2) is 4.98 Å². The van der Waals surface area contributed by atoms with Gasteiger partial charge in [-0.2, -0.15) is 4.98 Å². The van der Waals surface area contributed by atoms with Crippen molar-refractivity contribution in [2.75, 3.05) is 61.6 Å². The van der Waals surface area contributed by atoms with Gasteiger partial charge in [0.1, 0.15) is 11.6 Å². The fourth-order valence-electron chi connectivity index (χ4n) is 3.85. The third-order valence-corrected chi connectivity index (χ3v) is 5.37. The van der Waals surface area contributed by atoms with E-state index in [1.807, 2.05) is 25.1 Å². The smallest absolute Gasteiger partial charge is 0.227 e. The van der Waals surface area contributed by atoms with Gasteiger partial charge in [0.05, 0.1) is 18.9 Å². The highest BCUT2D eigenvalue weighted by Crippen LogP contribution is 2.29. The molecule has 7 nitrogen and oxygen atoms in total. The number of hydrogen-bond acceptors (Lipinski definition) is 7. The third kappa shape index (κ3) is 4.30. The van der Waals surface area contributed by atoms with E-state index in [0.29, 0.717) is 6.10 Å². The zero-order chi connectivity index (χ0) is 19.3. The third-order valence-electron chi connectivity index (χ3n) is 5.37. The summed E-state index contributed by atoms with van der Waals surface area (Å²) in [6.07, 6.45) is 2.56. The van der Waals surface area contributed by atoms with E-state index < -0.39 is 0 Å². The van der Waals surface area contributed by atoms with Crippen LogP contribution in [0.5, 0.6) is 5.75 Å². The summed E-state index contributed by atoms with van der Waals surface area (Å²) >= 11 is 0. The molecule has 2 fully saturated rings. The number of nitrogens with one attached hydrogen (secondary N) is 1. The molecule has 28 heavy (non-hydrogen) atoms. The van der Waals surface area contributed by atoms with Crippen LogP contribution in [0.3, 0.4) is 0 Å². The van der Waals surface area contributed by atoms with E-state index >= 15 is 0 Å². The van der Waals surface area contributed by atoms with E-state index in [-0.39, 0.29) is 0 Å². The molecular formula is C21H29N5O2. The summed E-state index contributed by atoms with van der Waals surface area (Å²) in [6.45, 7) is 7.29. The van der Waals surface area contributed by atoms with Crippen LogP contribution in [0.1, 0.15) is 18.5 Å². The SMILES string of the molecule is COc1ccccc1N1CCN(c2nc(C)cc(NCC3CCCO3)n2)CC1. The van der Waals surface area contributed by atoms with Gasteiger partial charge in [-0.3, -0.25) is 0 Å².